The smallest absolute Gasteiger partial charge is 0.0139 e. The Balaban J connectivity index is 1.92. The molecule has 2 fully saturated rings. The van der Waals surface area contributed by atoms with E-state index in [1.165, 1.54) is 38.8 Å². The van der Waals surface area contributed by atoms with Gasteiger partial charge in [-0.3, -0.25) is 4.90 Å². The van der Waals surface area contributed by atoms with Crippen LogP contribution in [0.4, 0.5) is 0 Å². The first-order chi connectivity index (χ1) is 7.24. The van der Waals surface area contributed by atoms with Crippen LogP contribution in [0.25, 0.3) is 0 Å². The van der Waals surface area contributed by atoms with Crippen molar-refractivity contribution in [2.75, 3.05) is 20.1 Å². The van der Waals surface area contributed by atoms with Crippen LogP contribution in [0.1, 0.15) is 39.5 Å². The summed E-state index contributed by atoms with van der Waals surface area (Å²) in [6, 6.07) is 1.77. The van der Waals surface area contributed by atoms with Gasteiger partial charge in [0.05, 0.1) is 0 Å². The summed E-state index contributed by atoms with van der Waals surface area (Å²) in [5.41, 5.74) is 0. The maximum absolute atomic E-state index is 3.34. The summed E-state index contributed by atoms with van der Waals surface area (Å²) in [5.74, 6) is 1.76. The van der Waals surface area contributed by atoms with E-state index in [4.69, 9.17) is 0 Å². The average Bonchev–Trinajstić information content (AvgIpc) is 2.61. The Kier molecular flexibility index (Phi) is 3.68. The topological polar surface area (TPSA) is 15.3 Å². The number of hydrogen-bond acceptors (Lipinski definition) is 2. The van der Waals surface area contributed by atoms with E-state index in [-0.39, 0.29) is 0 Å². The number of rotatable bonds is 4. The van der Waals surface area contributed by atoms with Crippen LogP contribution in [0.5, 0.6) is 0 Å². The van der Waals surface area contributed by atoms with Gasteiger partial charge in [0.15, 0.2) is 0 Å². The lowest BCUT2D eigenvalue weighted by Gasteiger charge is -2.46. The van der Waals surface area contributed by atoms with Crippen LogP contribution in [0, 0.1) is 11.8 Å². The minimum atomic E-state index is 0.836. The maximum Gasteiger partial charge on any atom is 0.0139 e. The summed E-state index contributed by atoms with van der Waals surface area (Å²) in [5, 5.41) is 3.34. The first-order valence-corrected chi connectivity index (χ1v) is 6.64. The Labute approximate surface area is 94.4 Å². The largest absolute Gasteiger partial charge is 0.319 e. The van der Waals surface area contributed by atoms with Crippen molar-refractivity contribution in [1.82, 2.24) is 10.2 Å². The summed E-state index contributed by atoms with van der Waals surface area (Å²) in [4.78, 5) is 2.82. The molecule has 2 nitrogen and oxygen atoms in total. The predicted molar refractivity (Wildman–Crippen MR) is 65.0 cm³/mol. The highest BCUT2D eigenvalue weighted by Crippen LogP contribution is 2.37. The van der Waals surface area contributed by atoms with Crippen LogP contribution in [0.15, 0.2) is 0 Å². The van der Waals surface area contributed by atoms with Crippen molar-refractivity contribution >= 4 is 0 Å². The van der Waals surface area contributed by atoms with Crippen LogP contribution < -0.4 is 5.32 Å². The number of hydrogen-bond donors (Lipinski definition) is 1. The van der Waals surface area contributed by atoms with Crippen molar-refractivity contribution in [1.29, 1.82) is 0 Å². The van der Waals surface area contributed by atoms with Gasteiger partial charge < -0.3 is 5.32 Å². The highest BCUT2D eigenvalue weighted by Gasteiger charge is 2.40. The molecule has 0 aromatic carbocycles. The Morgan fingerprint density at radius 2 is 2.07 bits per heavy atom. The Hall–Kier alpha value is -0.0800. The Bertz CT molecular complexity index is 203. The van der Waals surface area contributed by atoms with Crippen molar-refractivity contribution in [3.8, 4) is 0 Å². The van der Waals surface area contributed by atoms with Crippen LogP contribution in [-0.2, 0) is 0 Å². The van der Waals surface area contributed by atoms with Gasteiger partial charge in [0.1, 0.15) is 0 Å². The van der Waals surface area contributed by atoms with E-state index in [1.807, 2.05) is 0 Å². The van der Waals surface area contributed by atoms with E-state index in [2.05, 4.69) is 31.1 Å². The quantitative estimate of drug-likeness (QED) is 0.764. The van der Waals surface area contributed by atoms with Gasteiger partial charge in [-0.1, -0.05) is 13.8 Å². The molecule has 2 rings (SSSR count). The fraction of sp³-hybridized carbons (Fsp3) is 1.00. The van der Waals surface area contributed by atoms with Gasteiger partial charge in [-0.2, -0.15) is 0 Å². The summed E-state index contributed by atoms with van der Waals surface area (Å²) >= 11 is 0. The second-order valence-corrected chi connectivity index (χ2v) is 5.65. The number of nitrogens with zero attached hydrogens (tertiary/aromatic N) is 1. The number of likely N-dealkylation sites (tertiary alicyclic amines) is 1. The highest BCUT2D eigenvalue weighted by atomic mass is 15.2. The molecule has 2 heteroatoms. The molecule has 3 unspecified atom stereocenters. The molecule has 88 valence electrons. The lowest BCUT2D eigenvalue weighted by Crippen LogP contribution is -2.52. The van der Waals surface area contributed by atoms with Crippen molar-refractivity contribution in [2.45, 2.75) is 51.6 Å². The SMILES string of the molecule is CNCC1CCC1N1CCCC1C(C)C. The lowest BCUT2D eigenvalue weighted by molar-refractivity contribution is 0.0383. The molecule has 1 aliphatic heterocycles. The molecule has 1 aliphatic carbocycles. The summed E-state index contributed by atoms with van der Waals surface area (Å²) < 4.78 is 0. The normalized spacial score (nSPS) is 37.2. The Morgan fingerprint density at radius 1 is 1.27 bits per heavy atom. The zero-order valence-corrected chi connectivity index (χ0v) is 10.5. The maximum atomic E-state index is 3.34. The summed E-state index contributed by atoms with van der Waals surface area (Å²) in [6.07, 6.45) is 5.73. The molecule has 0 spiro atoms. The molecule has 0 radical (unpaired) electrons. The second-order valence-electron chi connectivity index (χ2n) is 5.65. The van der Waals surface area contributed by atoms with Crippen molar-refractivity contribution < 1.29 is 0 Å². The first kappa shape index (κ1) is 11.4. The monoisotopic (exact) mass is 210 g/mol. The summed E-state index contributed by atoms with van der Waals surface area (Å²) in [6.45, 7) is 7.34. The van der Waals surface area contributed by atoms with E-state index < -0.39 is 0 Å². The average molecular weight is 210 g/mol. The van der Waals surface area contributed by atoms with Gasteiger partial charge in [0.25, 0.3) is 0 Å². The van der Waals surface area contributed by atoms with E-state index in [0.717, 1.165) is 23.9 Å². The lowest BCUT2D eigenvalue weighted by atomic mass is 9.77. The van der Waals surface area contributed by atoms with Gasteiger partial charge in [0.2, 0.25) is 0 Å². The van der Waals surface area contributed by atoms with Gasteiger partial charge in [-0.05, 0) is 57.7 Å². The molecule has 0 aromatic rings. The van der Waals surface area contributed by atoms with Crippen LogP contribution in [0.2, 0.25) is 0 Å². The van der Waals surface area contributed by atoms with Gasteiger partial charge in [-0.15, -0.1) is 0 Å². The van der Waals surface area contributed by atoms with E-state index in [1.54, 1.807) is 0 Å². The zero-order chi connectivity index (χ0) is 10.8. The van der Waals surface area contributed by atoms with Gasteiger partial charge >= 0.3 is 0 Å². The summed E-state index contributed by atoms with van der Waals surface area (Å²) in [7, 11) is 2.08. The third kappa shape index (κ3) is 2.21. The highest BCUT2D eigenvalue weighted by molar-refractivity contribution is 4.95. The van der Waals surface area contributed by atoms with Crippen molar-refractivity contribution in [3.05, 3.63) is 0 Å². The molecule has 0 bridgehead atoms. The fourth-order valence-electron chi connectivity index (χ4n) is 3.43. The molecule has 3 atom stereocenters. The standard InChI is InChI=1S/C13H26N2/c1-10(2)12-5-4-8-15(12)13-7-6-11(13)9-14-3/h10-14H,4-9H2,1-3H3. The van der Waals surface area contributed by atoms with E-state index in [0.29, 0.717) is 0 Å². The van der Waals surface area contributed by atoms with E-state index in [9.17, 15) is 0 Å². The predicted octanol–water partition coefficient (Wildman–Crippen LogP) is 2.10. The van der Waals surface area contributed by atoms with Gasteiger partial charge in [-0.25, -0.2) is 0 Å². The van der Waals surface area contributed by atoms with Crippen LogP contribution in [-0.4, -0.2) is 37.1 Å². The third-order valence-corrected chi connectivity index (χ3v) is 4.38. The minimum absolute atomic E-state index is 0.836. The fourth-order valence-corrected chi connectivity index (χ4v) is 3.43. The molecule has 15 heavy (non-hydrogen) atoms. The molecular formula is C13H26N2. The van der Waals surface area contributed by atoms with Crippen LogP contribution >= 0.6 is 0 Å². The second kappa shape index (κ2) is 4.84. The van der Waals surface area contributed by atoms with E-state index >= 15 is 0 Å². The zero-order valence-electron chi connectivity index (χ0n) is 10.5. The third-order valence-electron chi connectivity index (χ3n) is 4.38. The van der Waals surface area contributed by atoms with Crippen molar-refractivity contribution in [2.24, 2.45) is 11.8 Å². The molecule has 1 saturated heterocycles. The molecule has 1 N–H and O–H groups in total. The minimum Gasteiger partial charge on any atom is -0.319 e. The molecule has 1 saturated carbocycles. The molecule has 0 amide bonds. The Morgan fingerprint density at radius 3 is 2.60 bits per heavy atom. The molecule has 2 aliphatic rings. The molecule has 0 aromatic heterocycles. The van der Waals surface area contributed by atoms with Gasteiger partial charge in [0, 0.05) is 12.1 Å². The molecular weight excluding hydrogens is 184 g/mol. The number of nitrogens with one attached hydrogen (secondary N) is 1. The van der Waals surface area contributed by atoms with Crippen LogP contribution in [0.3, 0.4) is 0 Å². The van der Waals surface area contributed by atoms with Crippen molar-refractivity contribution in [3.63, 3.8) is 0 Å². The first-order valence-electron chi connectivity index (χ1n) is 6.64. The molecule has 1 heterocycles.